The summed E-state index contributed by atoms with van der Waals surface area (Å²) in [5.41, 5.74) is 6.02. The molecular weight excluding hydrogens is 194 g/mol. The average Bonchev–Trinajstić information content (AvgIpc) is 2.50. The smallest absolute Gasteiger partial charge is 0.268 e. The van der Waals surface area contributed by atoms with Crippen molar-refractivity contribution in [1.29, 1.82) is 0 Å². The first kappa shape index (κ1) is 11.6. The van der Waals surface area contributed by atoms with Crippen LogP contribution in [0.15, 0.2) is 12.3 Å². The third kappa shape index (κ3) is 3.28. The predicted molar refractivity (Wildman–Crippen MR) is 58.5 cm³/mol. The third-order valence-corrected chi connectivity index (χ3v) is 2.14. The van der Waals surface area contributed by atoms with Crippen molar-refractivity contribution in [3.63, 3.8) is 0 Å². The molecule has 84 valence electrons. The summed E-state index contributed by atoms with van der Waals surface area (Å²) in [6, 6.07) is 1.57. The lowest BCUT2D eigenvalue weighted by Crippen LogP contribution is -2.44. The molecule has 0 unspecified atom stereocenters. The summed E-state index contributed by atoms with van der Waals surface area (Å²) in [6.45, 7) is 3.75. The second-order valence-electron chi connectivity index (χ2n) is 4.16. The van der Waals surface area contributed by atoms with Crippen molar-refractivity contribution in [2.75, 3.05) is 12.3 Å². The van der Waals surface area contributed by atoms with Crippen LogP contribution < -0.4 is 11.1 Å². The summed E-state index contributed by atoms with van der Waals surface area (Å²) in [4.78, 5) is 14.4. The molecule has 1 aromatic heterocycles. The van der Waals surface area contributed by atoms with Gasteiger partial charge in [0, 0.05) is 24.0 Å². The van der Waals surface area contributed by atoms with Crippen molar-refractivity contribution in [3.8, 4) is 0 Å². The maximum absolute atomic E-state index is 11.7. The predicted octanol–water partition coefficient (Wildman–Crippen LogP) is 0.488. The van der Waals surface area contributed by atoms with Crippen LogP contribution in [0.3, 0.4) is 0 Å². The Hall–Kier alpha value is -1.49. The Morgan fingerprint density at radius 1 is 1.67 bits per heavy atom. The molecule has 1 aromatic rings. The molecule has 5 heteroatoms. The molecule has 15 heavy (non-hydrogen) atoms. The number of carbonyl (C=O) groups is 1. The van der Waals surface area contributed by atoms with E-state index in [1.807, 2.05) is 13.8 Å². The first-order chi connectivity index (χ1) is 6.94. The lowest BCUT2D eigenvalue weighted by molar-refractivity contribution is 0.0895. The van der Waals surface area contributed by atoms with Gasteiger partial charge in [0.05, 0.1) is 0 Å². The fourth-order valence-corrected chi connectivity index (χ4v) is 1.26. The molecule has 0 aliphatic heterocycles. The minimum absolute atomic E-state index is 0.0418. The summed E-state index contributed by atoms with van der Waals surface area (Å²) >= 11 is 0. The second kappa shape index (κ2) is 4.35. The number of nitrogen functional groups attached to an aromatic ring is 1. The van der Waals surface area contributed by atoms with Crippen molar-refractivity contribution in [1.82, 2.24) is 10.3 Å². The standard InChI is InChI=1S/C10H17N3O2/c1-10(2,3-4-14)13-9(15)8-5-7(11)6-12-8/h5-6,12,14H,3-4,11H2,1-2H3,(H,13,15). The van der Waals surface area contributed by atoms with Gasteiger partial charge in [-0.1, -0.05) is 0 Å². The normalized spacial score (nSPS) is 11.4. The summed E-state index contributed by atoms with van der Waals surface area (Å²) in [5, 5.41) is 11.6. The Morgan fingerprint density at radius 2 is 2.33 bits per heavy atom. The number of carbonyl (C=O) groups excluding carboxylic acids is 1. The highest BCUT2D eigenvalue weighted by atomic mass is 16.3. The molecule has 5 N–H and O–H groups in total. The Morgan fingerprint density at radius 3 is 2.80 bits per heavy atom. The number of H-pyrrole nitrogens is 1. The third-order valence-electron chi connectivity index (χ3n) is 2.14. The lowest BCUT2D eigenvalue weighted by Gasteiger charge is -2.24. The Bertz CT molecular complexity index is 344. The molecule has 0 saturated heterocycles. The zero-order chi connectivity index (χ0) is 11.5. The van der Waals surface area contributed by atoms with E-state index >= 15 is 0 Å². The minimum Gasteiger partial charge on any atom is -0.397 e. The number of amides is 1. The number of aromatic nitrogens is 1. The van der Waals surface area contributed by atoms with Crippen LogP contribution in [0.25, 0.3) is 0 Å². The number of hydrogen-bond donors (Lipinski definition) is 4. The number of nitrogens with two attached hydrogens (primary N) is 1. The molecule has 0 bridgehead atoms. The van der Waals surface area contributed by atoms with Gasteiger partial charge in [-0.2, -0.15) is 0 Å². The minimum atomic E-state index is -0.425. The molecule has 0 aliphatic rings. The summed E-state index contributed by atoms with van der Waals surface area (Å²) in [5.74, 6) is -0.217. The van der Waals surface area contributed by atoms with Gasteiger partial charge in [-0.15, -0.1) is 0 Å². The van der Waals surface area contributed by atoms with Crippen molar-refractivity contribution >= 4 is 11.6 Å². The number of rotatable bonds is 4. The van der Waals surface area contributed by atoms with Crippen LogP contribution in [-0.4, -0.2) is 28.1 Å². The van der Waals surface area contributed by atoms with Crippen LogP contribution in [0.2, 0.25) is 0 Å². The molecule has 0 spiro atoms. The Balaban J connectivity index is 2.63. The van der Waals surface area contributed by atoms with Gasteiger partial charge in [0.25, 0.3) is 5.91 Å². The van der Waals surface area contributed by atoms with Gasteiger partial charge in [-0.05, 0) is 26.3 Å². The van der Waals surface area contributed by atoms with Crippen LogP contribution in [0.1, 0.15) is 30.8 Å². The van der Waals surface area contributed by atoms with E-state index < -0.39 is 5.54 Å². The Labute approximate surface area is 88.7 Å². The van der Waals surface area contributed by atoms with E-state index in [1.54, 1.807) is 12.3 Å². The summed E-state index contributed by atoms with van der Waals surface area (Å²) in [6.07, 6.45) is 2.07. The molecule has 0 radical (unpaired) electrons. The fourth-order valence-electron chi connectivity index (χ4n) is 1.26. The van der Waals surface area contributed by atoms with Gasteiger partial charge >= 0.3 is 0 Å². The average molecular weight is 211 g/mol. The van der Waals surface area contributed by atoms with Crippen molar-refractivity contribution in [3.05, 3.63) is 18.0 Å². The van der Waals surface area contributed by atoms with Crippen molar-refractivity contribution in [2.45, 2.75) is 25.8 Å². The molecule has 0 saturated carbocycles. The molecule has 0 aliphatic carbocycles. The molecule has 0 aromatic carbocycles. The van der Waals surface area contributed by atoms with Gasteiger partial charge in [0.1, 0.15) is 5.69 Å². The fraction of sp³-hybridized carbons (Fsp3) is 0.500. The first-order valence-corrected chi connectivity index (χ1v) is 4.82. The van der Waals surface area contributed by atoms with Gasteiger partial charge < -0.3 is 21.1 Å². The number of anilines is 1. The van der Waals surface area contributed by atoms with Gasteiger partial charge in [-0.3, -0.25) is 4.79 Å². The van der Waals surface area contributed by atoms with Crippen LogP contribution in [0, 0.1) is 0 Å². The zero-order valence-electron chi connectivity index (χ0n) is 9.00. The van der Waals surface area contributed by atoms with E-state index in [2.05, 4.69) is 10.3 Å². The van der Waals surface area contributed by atoms with Gasteiger partial charge in [-0.25, -0.2) is 0 Å². The molecule has 1 amide bonds. The van der Waals surface area contributed by atoms with E-state index in [0.717, 1.165) is 0 Å². The lowest BCUT2D eigenvalue weighted by atomic mass is 10.0. The van der Waals surface area contributed by atoms with Crippen molar-refractivity contribution in [2.24, 2.45) is 0 Å². The Kier molecular flexibility index (Phi) is 3.36. The topological polar surface area (TPSA) is 91.1 Å². The van der Waals surface area contributed by atoms with E-state index in [-0.39, 0.29) is 12.5 Å². The molecular formula is C10H17N3O2. The van der Waals surface area contributed by atoms with Gasteiger partial charge in [0.2, 0.25) is 0 Å². The van der Waals surface area contributed by atoms with E-state index in [9.17, 15) is 4.79 Å². The molecule has 0 fully saturated rings. The highest BCUT2D eigenvalue weighted by molar-refractivity contribution is 5.93. The number of nitrogens with one attached hydrogen (secondary N) is 2. The van der Waals surface area contributed by atoms with Crippen LogP contribution in [-0.2, 0) is 0 Å². The van der Waals surface area contributed by atoms with Crippen LogP contribution >= 0.6 is 0 Å². The maximum Gasteiger partial charge on any atom is 0.268 e. The number of aliphatic hydroxyl groups excluding tert-OH is 1. The van der Waals surface area contributed by atoms with E-state index in [1.165, 1.54) is 0 Å². The maximum atomic E-state index is 11.7. The van der Waals surface area contributed by atoms with Gasteiger partial charge in [0.15, 0.2) is 0 Å². The van der Waals surface area contributed by atoms with E-state index in [0.29, 0.717) is 17.8 Å². The van der Waals surface area contributed by atoms with Crippen LogP contribution in [0.4, 0.5) is 5.69 Å². The SMILES string of the molecule is CC(C)(CCO)NC(=O)c1cc(N)c[nH]1. The molecule has 1 heterocycles. The molecule has 0 atom stereocenters. The zero-order valence-corrected chi connectivity index (χ0v) is 9.00. The number of aromatic amines is 1. The quantitative estimate of drug-likeness (QED) is 0.584. The summed E-state index contributed by atoms with van der Waals surface area (Å²) < 4.78 is 0. The molecule has 5 nitrogen and oxygen atoms in total. The first-order valence-electron chi connectivity index (χ1n) is 4.82. The van der Waals surface area contributed by atoms with Crippen LogP contribution in [0.5, 0.6) is 0 Å². The summed E-state index contributed by atoms with van der Waals surface area (Å²) in [7, 11) is 0. The molecule has 1 rings (SSSR count). The largest absolute Gasteiger partial charge is 0.397 e. The number of aliphatic hydroxyl groups is 1. The number of hydrogen-bond acceptors (Lipinski definition) is 3. The second-order valence-corrected chi connectivity index (χ2v) is 4.16. The van der Waals surface area contributed by atoms with Crippen molar-refractivity contribution < 1.29 is 9.90 Å². The highest BCUT2D eigenvalue weighted by Gasteiger charge is 2.20. The van der Waals surface area contributed by atoms with E-state index in [4.69, 9.17) is 10.8 Å². The monoisotopic (exact) mass is 211 g/mol. The highest BCUT2D eigenvalue weighted by Crippen LogP contribution is 2.10.